The third-order valence-electron chi connectivity index (χ3n) is 6.14. The molecule has 4 aromatic rings. The van der Waals surface area contributed by atoms with Crippen LogP contribution in [0.3, 0.4) is 0 Å². The largest absolute Gasteiger partial charge is 0.306 e. The van der Waals surface area contributed by atoms with Gasteiger partial charge in [-0.25, -0.2) is 8.91 Å². The van der Waals surface area contributed by atoms with E-state index in [0.717, 1.165) is 47.6 Å². The lowest BCUT2D eigenvalue weighted by Gasteiger charge is -2.29. The molecule has 5 rings (SSSR count). The number of piperidine rings is 1. The third kappa shape index (κ3) is 3.68. The number of hydrogen-bond acceptors (Lipinski definition) is 5. The van der Waals surface area contributed by atoms with Crippen LogP contribution in [0.15, 0.2) is 58.7 Å². The summed E-state index contributed by atoms with van der Waals surface area (Å²) in [7, 11) is 2.15. The Labute approximate surface area is 190 Å². The summed E-state index contributed by atoms with van der Waals surface area (Å²) >= 11 is 1.31. The molecule has 1 aromatic carbocycles. The Morgan fingerprint density at radius 3 is 2.66 bits per heavy atom. The first-order chi connectivity index (χ1) is 15.5. The van der Waals surface area contributed by atoms with E-state index < -0.39 is 0 Å². The molecule has 0 N–H and O–H groups in total. The smallest absolute Gasteiger partial charge is 0.137 e. The summed E-state index contributed by atoms with van der Waals surface area (Å²) in [5, 5.41) is 18.7. The summed E-state index contributed by atoms with van der Waals surface area (Å²) in [5.74, 6) is -0.287. The first kappa shape index (κ1) is 20.7. The van der Waals surface area contributed by atoms with Crippen molar-refractivity contribution in [3.63, 3.8) is 0 Å². The molecule has 3 aromatic heterocycles. The average molecular weight is 447 g/mol. The van der Waals surface area contributed by atoms with E-state index in [1.54, 1.807) is 22.8 Å². The molecule has 1 fully saturated rings. The van der Waals surface area contributed by atoms with E-state index in [1.807, 2.05) is 24.5 Å². The van der Waals surface area contributed by atoms with Crippen LogP contribution in [0.2, 0.25) is 0 Å². The molecule has 162 valence electrons. The van der Waals surface area contributed by atoms with Crippen LogP contribution in [0.1, 0.15) is 30.1 Å². The molecule has 8 heteroatoms. The van der Waals surface area contributed by atoms with E-state index in [0.29, 0.717) is 22.0 Å². The first-order valence-corrected chi connectivity index (χ1v) is 11.4. The quantitative estimate of drug-likeness (QED) is 0.445. The zero-order valence-electron chi connectivity index (χ0n) is 18.0. The van der Waals surface area contributed by atoms with Gasteiger partial charge in [0.1, 0.15) is 11.9 Å². The number of rotatable bonds is 4. The van der Waals surface area contributed by atoms with E-state index in [2.05, 4.69) is 34.7 Å². The molecule has 1 aliphatic rings. The van der Waals surface area contributed by atoms with Crippen molar-refractivity contribution in [1.82, 2.24) is 24.3 Å². The molecular formula is C24H23FN6S. The molecular weight excluding hydrogens is 423 g/mol. The van der Waals surface area contributed by atoms with Crippen LogP contribution < -0.4 is 0 Å². The standard InChI is InChI=1S/C24H23FN6S/c1-16-20(14-28-31(16)19-7-9-29(2)10-8-19)17-11-23(32-22-6-4-3-5-21(22)25)24-18(12-26)13-27-30(24)15-17/h3-6,11,13-15,19H,7-10H2,1-2H3. The molecule has 0 saturated carbocycles. The number of hydrogen-bond donors (Lipinski definition) is 0. The lowest BCUT2D eigenvalue weighted by molar-refractivity contribution is 0.210. The van der Waals surface area contributed by atoms with Gasteiger partial charge in [-0.3, -0.25) is 4.68 Å². The van der Waals surface area contributed by atoms with Crippen LogP contribution in [-0.4, -0.2) is 44.4 Å². The number of benzene rings is 1. The predicted molar refractivity (Wildman–Crippen MR) is 122 cm³/mol. The van der Waals surface area contributed by atoms with E-state index in [-0.39, 0.29) is 5.82 Å². The Bertz CT molecular complexity index is 1330. The first-order valence-electron chi connectivity index (χ1n) is 10.6. The highest BCUT2D eigenvalue weighted by molar-refractivity contribution is 7.99. The lowest BCUT2D eigenvalue weighted by atomic mass is 10.0. The second kappa shape index (κ2) is 8.41. The summed E-state index contributed by atoms with van der Waals surface area (Å²) in [6.45, 7) is 4.23. The van der Waals surface area contributed by atoms with E-state index in [4.69, 9.17) is 5.10 Å². The van der Waals surface area contributed by atoms with Gasteiger partial charge in [-0.2, -0.15) is 15.5 Å². The van der Waals surface area contributed by atoms with E-state index in [9.17, 15) is 9.65 Å². The number of likely N-dealkylation sites (tertiary alicyclic amines) is 1. The van der Waals surface area contributed by atoms with Crippen molar-refractivity contribution >= 4 is 17.3 Å². The summed E-state index contributed by atoms with van der Waals surface area (Å²) in [6.07, 6.45) is 7.54. The molecule has 1 aliphatic heterocycles. The van der Waals surface area contributed by atoms with E-state index in [1.165, 1.54) is 17.8 Å². The number of pyridine rings is 1. The SMILES string of the molecule is Cc1c(-c2cc(Sc3ccccc3F)c3c(C#N)cnn3c2)cnn1C1CCN(C)CC1. The topological polar surface area (TPSA) is 62.2 Å². The van der Waals surface area contributed by atoms with Gasteiger partial charge in [-0.05, 0) is 58.1 Å². The fraction of sp³-hybridized carbons (Fsp3) is 0.292. The van der Waals surface area contributed by atoms with Crippen LogP contribution >= 0.6 is 11.8 Å². The van der Waals surface area contributed by atoms with Crippen LogP contribution in [0.5, 0.6) is 0 Å². The van der Waals surface area contributed by atoms with Crippen LogP contribution in [0.4, 0.5) is 4.39 Å². The molecule has 1 saturated heterocycles. The molecule has 0 bridgehead atoms. The molecule has 32 heavy (non-hydrogen) atoms. The second-order valence-electron chi connectivity index (χ2n) is 8.21. The van der Waals surface area contributed by atoms with Gasteiger partial charge in [-0.1, -0.05) is 23.9 Å². The van der Waals surface area contributed by atoms with Crippen LogP contribution in [-0.2, 0) is 0 Å². The molecule has 6 nitrogen and oxygen atoms in total. The molecule has 0 radical (unpaired) electrons. The fourth-order valence-electron chi connectivity index (χ4n) is 4.35. The Morgan fingerprint density at radius 2 is 1.91 bits per heavy atom. The van der Waals surface area contributed by atoms with Crippen molar-refractivity contribution in [3.8, 4) is 17.2 Å². The van der Waals surface area contributed by atoms with Gasteiger partial charge in [0.25, 0.3) is 0 Å². The number of nitriles is 1. The van der Waals surface area contributed by atoms with Crippen molar-refractivity contribution in [2.75, 3.05) is 20.1 Å². The Hall–Kier alpha value is -3.15. The van der Waals surface area contributed by atoms with Gasteiger partial charge in [0, 0.05) is 32.8 Å². The van der Waals surface area contributed by atoms with Crippen molar-refractivity contribution in [3.05, 3.63) is 66.0 Å². The zero-order chi connectivity index (χ0) is 22.2. The number of nitrogens with zero attached hydrogens (tertiary/aromatic N) is 6. The third-order valence-corrected chi connectivity index (χ3v) is 7.23. The predicted octanol–water partition coefficient (Wildman–Crippen LogP) is 4.93. The highest BCUT2D eigenvalue weighted by atomic mass is 32.2. The maximum Gasteiger partial charge on any atom is 0.137 e. The molecule has 0 atom stereocenters. The van der Waals surface area contributed by atoms with Crippen molar-refractivity contribution in [1.29, 1.82) is 5.26 Å². The monoisotopic (exact) mass is 446 g/mol. The maximum atomic E-state index is 14.4. The number of fused-ring (bicyclic) bond motifs is 1. The molecule has 0 unspecified atom stereocenters. The number of halogens is 1. The molecule has 0 amide bonds. The Morgan fingerprint density at radius 1 is 1.12 bits per heavy atom. The maximum absolute atomic E-state index is 14.4. The number of aromatic nitrogens is 4. The van der Waals surface area contributed by atoms with Crippen molar-refractivity contribution in [2.24, 2.45) is 0 Å². The molecule has 0 aliphatic carbocycles. The van der Waals surface area contributed by atoms with Gasteiger partial charge in [0.2, 0.25) is 0 Å². The fourth-order valence-corrected chi connectivity index (χ4v) is 5.39. The highest BCUT2D eigenvalue weighted by Gasteiger charge is 2.22. The highest BCUT2D eigenvalue weighted by Crippen LogP contribution is 2.38. The van der Waals surface area contributed by atoms with Crippen molar-refractivity contribution in [2.45, 2.75) is 35.6 Å². The molecule has 4 heterocycles. The summed E-state index contributed by atoms with van der Waals surface area (Å²) in [4.78, 5) is 3.64. The molecule has 0 spiro atoms. The average Bonchev–Trinajstić information content (AvgIpc) is 3.39. The summed E-state index contributed by atoms with van der Waals surface area (Å²) in [5.41, 5.74) is 4.23. The second-order valence-corrected chi connectivity index (χ2v) is 9.30. The van der Waals surface area contributed by atoms with Gasteiger partial charge in [0.05, 0.1) is 29.5 Å². The van der Waals surface area contributed by atoms with Crippen LogP contribution in [0, 0.1) is 24.1 Å². The van der Waals surface area contributed by atoms with E-state index >= 15 is 0 Å². The minimum atomic E-state index is -0.287. The minimum Gasteiger partial charge on any atom is -0.306 e. The Kier molecular flexibility index (Phi) is 5.45. The summed E-state index contributed by atoms with van der Waals surface area (Å²) < 4.78 is 18.2. The zero-order valence-corrected chi connectivity index (χ0v) is 18.8. The normalized spacial score (nSPS) is 15.3. The lowest BCUT2D eigenvalue weighted by Crippen LogP contribution is -2.32. The van der Waals surface area contributed by atoms with Crippen molar-refractivity contribution < 1.29 is 4.39 Å². The van der Waals surface area contributed by atoms with Gasteiger partial charge in [-0.15, -0.1) is 0 Å². The van der Waals surface area contributed by atoms with Crippen LogP contribution in [0.25, 0.3) is 16.6 Å². The van der Waals surface area contributed by atoms with Gasteiger partial charge in [0.15, 0.2) is 0 Å². The minimum absolute atomic E-state index is 0.287. The van der Waals surface area contributed by atoms with Gasteiger partial charge < -0.3 is 4.90 Å². The van der Waals surface area contributed by atoms with Gasteiger partial charge >= 0.3 is 0 Å². The Balaban J connectivity index is 1.59. The summed E-state index contributed by atoms with van der Waals surface area (Å²) in [6, 6.07) is 11.3.